The highest BCUT2D eigenvalue weighted by Gasteiger charge is 2.32. The van der Waals surface area contributed by atoms with Gasteiger partial charge in [-0.25, -0.2) is 0 Å². The molecule has 180 valence electrons. The van der Waals surface area contributed by atoms with Crippen LogP contribution in [0.15, 0.2) is 24.5 Å². The third-order valence-electron chi connectivity index (χ3n) is 3.63. The largest absolute Gasteiger partial charge is 0.466 e. The van der Waals surface area contributed by atoms with Gasteiger partial charge in [0.2, 0.25) is 11.8 Å². The fourth-order valence-corrected chi connectivity index (χ4v) is 2.57. The number of halogens is 6. The van der Waals surface area contributed by atoms with E-state index in [1.165, 1.54) is 7.05 Å². The van der Waals surface area contributed by atoms with Crippen LogP contribution in [0.1, 0.15) is 11.1 Å². The molecule has 32 heavy (non-hydrogen) atoms. The Morgan fingerprint density at radius 1 is 0.938 bits per heavy atom. The molecule has 0 radical (unpaired) electrons. The van der Waals surface area contributed by atoms with Gasteiger partial charge >= 0.3 is 12.4 Å². The van der Waals surface area contributed by atoms with Gasteiger partial charge in [0.25, 0.3) is 0 Å². The molecule has 2 aromatic rings. The van der Waals surface area contributed by atoms with Crippen LogP contribution in [-0.2, 0) is 4.28 Å². The number of aromatic nitrogens is 2. The molecule has 0 aliphatic heterocycles. The van der Waals surface area contributed by atoms with E-state index < -0.39 is 37.3 Å². The van der Waals surface area contributed by atoms with Crippen molar-refractivity contribution in [3.05, 3.63) is 35.7 Å². The predicted octanol–water partition coefficient (Wildman–Crippen LogP) is 5.13. The molecule has 0 spiro atoms. The van der Waals surface area contributed by atoms with Crippen LogP contribution in [0.3, 0.4) is 0 Å². The smallest absolute Gasteiger partial charge is 0.422 e. The number of hydrogen-bond donors (Lipinski definition) is 1. The molecule has 0 aliphatic rings. The monoisotopic (exact) mass is 506 g/mol. The normalized spacial score (nSPS) is 11.5. The fourth-order valence-electron chi connectivity index (χ4n) is 2.09. The lowest BCUT2D eigenvalue weighted by Gasteiger charge is -2.22. The zero-order chi connectivity index (χ0) is 23.2. The average molecular weight is 506 g/mol. The molecule has 1 N–H and O–H groups in total. The Morgan fingerprint density at radius 2 is 1.47 bits per heavy atom. The molecule has 0 atom stereocenters. The van der Waals surface area contributed by atoms with Gasteiger partial charge in [0, 0.05) is 7.05 Å². The van der Waals surface area contributed by atoms with Crippen LogP contribution in [0.4, 0.5) is 37.7 Å². The summed E-state index contributed by atoms with van der Waals surface area (Å²) in [4.78, 5) is 7.14. The lowest BCUT2D eigenvalue weighted by molar-refractivity contribution is -0.154. The van der Waals surface area contributed by atoms with Crippen LogP contribution in [0, 0.1) is 13.8 Å². The molecule has 1 aromatic carbocycles. The van der Waals surface area contributed by atoms with Gasteiger partial charge in [0.15, 0.2) is 18.9 Å². The van der Waals surface area contributed by atoms with Gasteiger partial charge < -0.3 is 9.47 Å². The Morgan fingerprint density at radius 3 is 1.94 bits per heavy atom. The lowest BCUT2D eigenvalue weighted by Crippen LogP contribution is -2.23. The summed E-state index contributed by atoms with van der Waals surface area (Å²) in [7, 11) is 1.30. The van der Waals surface area contributed by atoms with E-state index in [1.807, 2.05) is 19.9 Å². The maximum absolute atomic E-state index is 12.5. The van der Waals surface area contributed by atoms with E-state index in [9.17, 15) is 26.3 Å². The minimum atomic E-state index is -4.69. The van der Waals surface area contributed by atoms with Gasteiger partial charge in [-0.3, -0.25) is 9.79 Å². The molecule has 2 rings (SSSR count). The number of aryl methyl sites for hydroxylation is 2. The number of benzene rings is 1. The highest BCUT2D eigenvalue weighted by atomic mass is 32.2. The molecule has 15 heteroatoms. The molecule has 0 saturated carbocycles. The van der Waals surface area contributed by atoms with E-state index in [2.05, 4.69) is 24.9 Å². The van der Waals surface area contributed by atoms with Crippen molar-refractivity contribution in [2.24, 2.45) is 0 Å². The SMILES string of the molecule is Cc1ccc(NOSN(C)c2c(OCC(F)(F)F)ncnc2OCC(F)(F)F)cc1C.S. The molecule has 1 aromatic heterocycles. The average Bonchev–Trinajstić information content (AvgIpc) is 2.66. The standard InChI is InChI=1S/C17H18F6N4O3S.H2S/c1-10-4-5-12(6-11(10)2)26-30-31-27(3)13-14(28-7-16(18,19)20)24-9-25-15(13)29-8-17(21,22)23;/h4-6,9,26H,7-8H2,1-3H3;1H2. The number of anilines is 2. The van der Waals surface area contributed by atoms with Crippen molar-refractivity contribution in [3.8, 4) is 11.8 Å². The molecular weight excluding hydrogens is 486 g/mol. The van der Waals surface area contributed by atoms with E-state index in [-0.39, 0.29) is 19.2 Å². The summed E-state index contributed by atoms with van der Waals surface area (Å²) in [6, 6.07) is 5.36. The van der Waals surface area contributed by atoms with E-state index in [0.29, 0.717) is 17.9 Å². The van der Waals surface area contributed by atoms with Gasteiger partial charge in [-0.1, -0.05) is 6.07 Å². The molecule has 0 saturated heterocycles. The minimum Gasteiger partial charge on any atom is -0.466 e. The fraction of sp³-hybridized carbons (Fsp3) is 0.412. The second-order valence-corrected chi connectivity index (χ2v) is 7.06. The number of rotatable bonds is 9. The van der Waals surface area contributed by atoms with E-state index in [1.54, 1.807) is 12.1 Å². The highest BCUT2D eigenvalue weighted by molar-refractivity contribution is 7.96. The minimum absolute atomic E-state index is 0. The Bertz CT molecular complexity index is 850. The first kappa shape index (κ1) is 27.8. The van der Waals surface area contributed by atoms with Crippen molar-refractivity contribution in [3.63, 3.8) is 0 Å². The molecule has 0 bridgehead atoms. The summed E-state index contributed by atoms with van der Waals surface area (Å²) >= 11 is 0.549. The van der Waals surface area contributed by atoms with E-state index in [0.717, 1.165) is 21.8 Å². The van der Waals surface area contributed by atoms with Crippen molar-refractivity contribution in [2.45, 2.75) is 26.2 Å². The Labute approximate surface area is 191 Å². The summed E-state index contributed by atoms with van der Waals surface area (Å²) in [6.45, 7) is 0.379. The first-order chi connectivity index (χ1) is 14.4. The van der Waals surface area contributed by atoms with Crippen LogP contribution in [0.5, 0.6) is 11.8 Å². The summed E-state index contributed by atoms with van der Waals surface area (Å²) in [6.07, 6.45) is -8.65. The van der Waals surface area contributed by atoms with Crippen molar-refractivity contribution < 1.29 is 40.1 Å². The number of nitrogens with one attached hydrogen (secondary N) is 1. The summed E-state index contributed by atoms with van der Waals surface area (Å²) in [5.41, 5.74) is 4.84. The van der Waals surface area contributed by atoms with Gasteiger partial charge in [0.1, 0.15) is 18.6 Å². The van der Waals surface area contributed by atoms with Gasteiger partial charge in [-0.05, 0) is 37.1 Å². The van der Waals surface area contributed by atoms with Crippen LogP contribution in [-0.4, -0.2) is 42.6 Å². The summed E-state index contributed by atoms with van der Waals surface area (Å²) in [5.74, 6) is -1.26. The van der Waals surface area contributed by atoms with Crippen molar-refractivity contribution in [2.75, 3.05) is 30.0 Å². The summed E-state index contributed by atoms with van der Waals surface area (Å²) in [5, 5.41) is 0. The molecule has 0 fully saturated rings. The maximum Gasteiger partial charge on any atom is 0.422 e. The second-order valence-electron chi connectivity index (χ2n) is 6.20. The van der Waals surface area contributed by atoms with Gasteiger partial charge in [-0.2, -0.15) is 54.1 Å². The number of nitrogens with zero attached hydrogens (tertiary/aromatic N) is 3. The first-order valence-corrected chi connectivity index (χ1v) is 9.20. The number of hydrogen-bond acceptors (Lipinski definition) is 8. The van der Waals surface area contributed by atoms with Crippen molar-refractivity contribution in [1.29, 1.82) is 0 Å². The molecule has 0 amide bonds. The van der Waals surface area contributed by atoms with Gasteiger partial charge in [-0.15, -0.1) is 0 Å². The van der Waals surface area contributed by atoms with Crippen molar-refractivity contribution in [1.82, 2.24) is 9.97 Å². The highest BCUT2D eigenvalue weighted by Crippen LogP contribution is 2.38. The Balaban J connectivity index is 0.00000512. The van der Waals surface area contributed by atoms with E-state index >= 15 is 0 Å². The first-order valence-electron chi connectivity index (χ1n) is 8.50. The maximum atomic E-state index is 12.5. The third kappa shape index (κ3) is 9.08. The lowest BCUT2D eigenvalue weighted by atomic mass is 10.1. The molecule has 0 unspecified atom stereocenters. The predicted molar refractivity (Wildman–Crippen MR) is 112 cm³/mol. The zero-order valence-electron chi connectivity index (χ0n) is 17.0. The molecular formula is C17H20F6N4O3S2. The van der Waals surface area contributed by atoms with Crippen molar-refractivity contribution >= 4 is 37.1 Å². The quantitative estimate of drug-likeness (QED) is 0.217. The Hall–Kier alpha value is -2.26. The number of alkyl halides is 6. The van der Waals surface area contributed by atoms with Crippen LogP contribution in [0.2, 0.25) is 0 Å². The molecule has 1 heterocycles. The van der Waals surface area contributed by atoms with Crippen LogP contribution < -0.4 is 19.3 Å². The van der Waals surface area contributed by atoms with Crippen LogP contribution >= 0.6 is 25.7 Å². The van der Waals surface area contributed by atoms with E-state index in [4.69, 9.17) is 4.28 Å². The molecule has 0 aliphatic carbocycles. The Kier molecular flexibility index (Phi) is 10.0. The molecule has 7 nitrogen and oxygen atoms in total. The van der Waals surface area contributed by atoms with Crippen LogP contribution in [0.25, 0.3) is 0 Å². The number of ether oxygens (including phenoxy) is 2. The third-order valence-corrected chi connectivity index (χ3v) is 4.19. The van der Waals surface area contributed by atoms with Gasteiger partial charge in [0.05, 0.1) is 5.69 Å². The summed E-state index contributed by atoms with van der Waals surface area (Å²) < 4.78 is 90.7. The second kappa shape index (κ2) is 11.6. The topological polar surface area (TPSA) is 68.7 Å². The zero-order valence-corrected chi connectivity index (χ0v) is 18.8.